The van der Waals surface area contributed by atoms with Crippen LogP contribution in [-0.2, 0) is 0 Å². The molecule has 1 atom stereocenters. The molecule has 0 spiro atoms. The fourth-order valence-corrected chi connectivity index (χ4v) is 2.80. The van der Waals surface area contributed by atoms with Gasteiger partial charge in [-0.25, -0.2) is 0 Å². The molecule has 1 unspecified atom stereocenters. The number of rotatable bonds is 8. The second kappa shape index (κ2) is 8.08. The second-order valence-electron chi connectivity index (χ2n) is 5.22. The van der Waals surface area contributed by atoms with Crippen molar-refractivity contribution in [2.45, 2.75) is 58.9 Å². The van der Waals surface area contributed by atoms with E-state index in [9.17, 15) is 0 Å². The van der Waals surface area contributed by atoms with E-state index in [1.54, 1.807) is 0 Å². The lowest BCUT2D eigenvalue weighted by molar-refractivity contribution is 0.312. The van der Waals surface area contributed by atoms with E-state index >= 15 is 0 Å². The maximum absolute atomic E-state index is 3.68. The van der Waals surface area contributed by atoms with Gasteiger partial charge < -0.3 is 10.2 Å². The van der Waals surface area contributed by atoms with Crippen molar-refractivity contribution in [3.05, 3.63) is 0 Å². The van der Waals surface area contributed by atoms with Gasteiger partial charge >= 0.3 is 0 Å². The molecule has 0 bridgehead atoms. The summed E-state index contributed by atoms with van der Waals surface area (Å²) in [4.78, 5) is 2.60. The molecule has 2 nitrogen and oxygen atoms in total. The van der Waals surface area contributed by atoms with Crippen LogP contribution in [0, 0.1) is 5.92 Å². The molecule has 0 aromatic rings. The summed E-state index contributed by atoms with van der Waals surface area (Å²) in [6, 6.07) is 0.688. The lowest BCUT2D eigenvalue weighted by Gasteiger charge is -2.23. The number of hydrogen-bond acceptors (Lipinski definition) is 2. The topological polar surface area (TPSA) is 15.3 Å². The molecule has 1 saturated heterocycles. The first kappa shape index (κ1) is 14.0. The van der Waals surface area contributed by atoms with Crippen molar-refractivity contribution < 1.29 is 0 Å². The maximum Gasteiger partial charge on any atom is 0.00668 e. The molecule has 1 N–H and O–H groups in total. The Labute approximate surface area is 102 Å². The Morgan fingerprint density at radius 1 is 1.12 bits per heavy atom. The van der Waals surface area contributed by atoms with Crippen LogP contribution in [0.3, 0.4) is 0 Å². The van der Waals surface area contributed by atoms with Gasteiger partial charge in [0.05, 0.1) is 0 Å². The van der Waals surface area contributed by atoms with Gasteiger partial charge in [-0.05, 0) is 58.3 Å². The molecular weight excluding hydrogens is 196 g/mol. The van der Waals surface area contributed by atoms with Crippen molar-refractivity contribution in [2.24, 2.45) is 5.92 Å². The highest BCUT2D eigenvalue weighted by atomic mass is 15.1. The molecule has 0 aromatic carbocycles. The molecular formula is C14H30N2. The molecule has 16 heavy (non-hydrogen) atoms. The van der Waals surface area contributed by atoms with Crippen LogP contribution in [0.25, 0.3) is 0 Å². The van der Waals surface area contributed by atoms with E-state index in [1.165, 1.54) is 58.3 Å². The first-order valence-electron chi connectivity index (χ1n) is 7.23. The molecule has 1 rings (SSSR count). The molecule has 2 heteroatoms. The van der Waals surface area contributed by atoms with Crippen LogP contribution in [-0.4, -0.2) is 37.1 Å². The SMILES string of the molecule is CCC(CC)C(C)NCCCN1CCCC1. The zero-order valence-corrected chi connectivity index (χ0v) is 11.5. The van der Waals surface area contributed by atoms with Gasteiger partial charge in [0.2, 0.25) is 0 Å². The predicted molar refractivity (Wildman–Crippen MR) is 71.8 cm³/mol. The van der Waals surface area contributed by atoms with Gasteiger partial charge in [0.1, 0.15) is 0 Å². The average Bonchev–Trinajstić information content (AvgIpc) is 2.79. The fraction of sp³-hybridized carbons (Fsp3) is 1.00. The van der Waals surface area contributed by atoms with Gasteiger partial charge in [0.15, 0.2) is 0 Å². The van der Waals surface area contributed by atoms with Crippen LogP contribution < -0.4 is 5.32 Å². The van der Waals surface area contributed by atoms with E-state index in [2.05, 4.69) is 31.0 Å². The van der Waals surface area contributed by atoms with Crippen molar-refractivity contribution in [3.63, 3.8) is 0 Å². The first-order chi connectivity index (χ1) is 7.77. The summed E-state index contributed by atoms with van der Waals surface area (Å²) in [5.41, 5.74) is 0. The second-order valence-corrected chi connectivity index (χ2v) is 5.22. The molecule has 0 amide bonds. The molecule has 1 fully saturated rings. The standard InChI is InChI=1S/C14H30N2/c1-4-14(5-2)13(3)15-9-8-12-16-10-6-7-11-16/h13-15H,4-12H2,1-3H3. The molecule has 1 aliphatic rings. The van der Waals surface area contributed by atoms with Crippen molar-refractivity contribution in [3.8, 4) is 0 Å². The average molecular weight is 226 g/mol. The van der Waals surface area contributed by atoms with E-state index < -0.39 is 0 Å². The minimum atomic E-state index is 0.688. The van der Waals surface area contributed by atoms with E-state index in [1.807, 2.05) is 0 Å². The number of likely N-dealkylation sites (tertiary alicyclic amines) is 1. The minimum absolute atomic E-state index is 0.688. The van der Waals surface area contributed by atoms with E-state index in [0.29, 0.717) is 6.04 Å². The summed E-state index contributed by atoms with van der Waals surface area (Å²) in [5.74, 6) is 0.854. The Hall–Kier alpha value is -0.0800. The zero-order valence-electron chi connectivity index (χ0n) is 11.5. The van der Waals surface area contributed by atoms with Crippen LogP contribution in [0.5, 0.6) is 0 Å². The highest BCUT2D eigenvalue weighted by molar-refractivity contribution is 4.71. The predicted octanol–water partition coefficient (Wildman–Crippen LogP) is 2.89. The molecule has 0 aliphatic carbocycles. The number of hydrogen-bond donors (Lipinski definition) is 1. The van der Waals surface area contributed by atoms with Crippen LogP contribution in [0.1, 0.15) is 52.9 Å². The van der Waals surface area contributed by atoms with E-state index in [4.69, 9.17) is 0 Å². The van der Waals surface area contributed by atoms with Crippen LogP contribution in [0.4, 0.5) is 0 Å². The van der Waals surface area contributed by atoms with Crippen molar-refractivity contribution in [1.82, 2.24) is 10.2 Å². The van der Waals surface area contributed by atoms with Gasteiger partial charge in [-0.15, -0.1) is 0 Å². The summed E-state index contributed by atoms with van der Waals surface area (Å²) in [6.07, 6.45) is 6.74. The Morgan fingerprint density at radius 2 is 1.75 bits per heavy atom. The molecule has 0 aromatic heterocycles. The Balaban J connectivity index is 2.00. The van der Waals surface area contributed by atoms with E-state index in [0.717, 1.165) is 5.92 Å². The van der Waals surface area contributed by atoms with Gasteiger partial charge in [-0.1, -0.05) is 26.7 Å². The normalized spacial score (nSPS) is 19.5. The van der Waals surface area contributed by atoms with Crippen molar-refractivity contribution in [2.75, 3.05) is 26.2 Å². The fourth-order valence-electron chi connectivity index (χ4n) is 2.80. The van der Waals surface area contributed by atoms with Crippen molar-refractivity contribution >= 4 is 0 Å². The van der Waals surface area contributed by atoms with Crippen molar-refractivity contribution in [1.29, 1.82) is 0 Å². The highest BCUT2D eigenvalue weighted by Crippen LogP contribution is 2.12. The molecule has 1 aliphatic heterocycles. The third kappa shape index (κ3) is 4.84. The monoisotopic (exact) mass is 226 g/mol. The number of nitrogens with one attached hydrogen (secondary N) is 1. The third-order valence-electron chi connectivity index (χ3n) is 4.07. The van der Waals surface area contributed by atoms with Gasteiger partial charge in [0.25, 0.3) is 0 Å². The smallest absolute Gasteiger partial charge is 0.00668 e. The Morgan fingerprint density at radius 3 is 2.31 bits per heavy atom. The van der Waals surface area contributed by atoms with Gasteiger partial charge in [0, 0.05) is 6.04 Å². The minimum Gasteiger partial charge on any atom is -0.314 e. The molecule has 1 heterocycles. The molecule has 96 valence electrons. The Bertz CT molecular complexity index is 160. The van der Waals surface area contributed by atoms with Gasteiger partial charge in [-0.2, -0.15) is 0 Å². The molecule has 0 radical (unpaired) electrons. The summed E-state index contributed by atoms with van der Waals surface area (Å²) >= 11 is 0. The lowest BCUT2D eigenvalue weighted by atomic mass is 9.95. The summed E-state index contributed by atoms with van der Waals surface area (Å²) < 4.78 is 0. The quantitative estimate of drug-likeness (QED) is 0.640. The first-order valence-corrected chi connectivity index (χ1v) is 7.23. The van der Waals surface area contributed by atoms with Gasteiger partial charge in [-0.3, -0.25) is 0 Å². The van der Waals surface area contributed by atoms with E-state index in [-0.39, 0.29) is 0 Å². The number of nitrogens with zero attached hydrogens (tertiary/aromatic N) is 1. The largest absolute Gasteiger partial charge is 0.314 e. The summed E-state index contributed by atoms with van der Waals surface area (Å²) in [7, 11) is 0. The third-order valence-corrected chi connectivity index (χ3v) is 4.07. The summed E-state index contributed by atoms with van der Waals surface area (Å²) in [6.45, 7) is 12.1. The zero-order chi connectivity index (χ0) is 11.8. The maximum atomic E-state index is 3.68. The molecule has 0 saturated carbocycles. The highest BCUT2D eigenvalue weighted by Gasteiger charge is 2.13. The van der Waals surface area contributed by atoms with Crippen LogP contribution in [0.2, 0.25) is 0 Å². The van der Waals surface area contributed by atoms with Crippen LogP contribution in [0.15, 0.2) is 0 Å². The summed E-state index contributed by atoms with van der Waals surface area (Å²) in [5, 5.41) is 3.68. The van der Waals surface area contributed by atoms with Crippen LogP contribution >= 0.6 is 0 Å². The Kier molecular flexibility index (Phi) is 7.06. The lowest BCUT2D eigenvalue weighted by Crippen LogP contribution is -2.35.